The van der Waals surface area contributed by atoms with Crippen molar-refractivity contribution in [1.29, 1.82) is 0 Å². The van der Waals surface area contributed by atoms with Crippen molar-refractivity contribution in [2.24, 2.45) is 0 Å². The lowest BCUT2D eigenvalue weighted by Gasteiger charge is -2.36. The Labute approximate surface area is 136 Å². The van der Waals surface area contributed by atoms with Crippen LogP contribution >= 0.6 is 0 Å². The first kappa shape index (κ1) is 15.6. The van der Waals surface area contributed by atoms with E-state index in [1.807, 2.05) is 6.07 Å². The lowest BCUT2D eigenvalue weighted by molar-refractivity contribution is -0.116. The number of benzene rings is 1. The summed E-state index contributed by atoms with van der Waals surface area (Å²) in [6.07, 6.45) is 0.469. The second-order valence-corrected chi connectivity index (χ2v) is 5.79. The number of anilines is 2. The molecule has 0 bridgehead atoms. The fraction of sp³-hybridized carbons (Fsp3) is 0.412. The van der Waals surface area contributed by atoms with Gasteiger partial charge in [-0.3, -0.25) is 9.69 Å². The molecule has 0 unspecified atom stereocenters. The Bertz CT molecular complexity index is 633. The molecule has 1 aromatic carbocycles. The van der Waals surface area contributed by atoms with E-state index in [0.29, 0.717) is 18.0 Å². The van der Waals surface area contributed by atoms with E-state index in [1.54, 1.807) is 13.0 Å². The van der Waals surface area contributed by atoms with Gasteiger partial charge < -0.3 is 14.7 Å². The Morgan fingerprint density at radius 3 is 2.61 bits per heavy atom. The maximum absolute atomic E-state index is 11.9. The van der Waals surface area contributed by atoms with Gasteiger partial charge in [0.25, 0.3) is 0 Å². The molecule has 3 rings (SSSR count). The number of carbonyl (C=O) groups excluding carboxylic acids is 1. The van der Waals surface area contributed by atoms with Crippen molar-refractivity contribution in [2.75, 3.05) is 42.9 Å². The molecule has 1 aliphatic rings. The fourth-order valence-electron chi connectivity index (χ4n) is 2.76. The maximum Gasteiger partial charge on any atom is 0.226 e. The number of hydrogen-bond acceptors (Lipinski definition) is 5. The first-order chi connectivity index (χ1) is 11.2. The molecule has 6 nitrogen and oxygen atoms in total. The Morgan fingerprint density at radius 2 is 1.96 bits per heavy atom. The third-order valence-electron chi connectivity index (χ3n) is 4.04. The van der Waals surface area contributed by atoms with Crippen LogP contribution in [0.5, 0.6) is 0 Å². The zero-order valence-corrected chi connectivity index (χ0v) is 13.4. The molecule has 6 heteroatoms. The average molecular weight is 314 g/mol. The predicted molar refractivity (Wildman–Crippen MR) is 89.6 cm³/mol. The molecular weight excluding hydrogens is 292 g/mol. The summed E-state index contributed by atoms with van der Waals surface area (Å²) in [6, 6.07) is 12.2. The second kappa shape index (κ2) is 7.28. The number of piperazine rings is 1. The van der Waals surface area contributed by atoms with Crippen molar-refractivity contribution >= 4 is 17.4 Å². The molecule has 2 aromatic rings. The molecule has 1 N–H and O–H groups in total. The minimum absolute atomic E-state index is 0.0243. The van der Waals surface area contributed by atoms with Crippen LogP contribution in [0.2, 0.25) is 0 Å². The van der Waals surface area contributed by atoms with E-state index in [0.717, 1.165) is 32.7 Å². The van der Waals surface area contributed by atoms with E-state index in [-0.39, 0.29) is 5.91 Å². The molecule has 0 aliphatic carbocycles. The van der Waals surface area contributed by atoms with E-state index < -0.39 is 0 Å². The van der Waals surface area contributed by atoms with Gasteiger partial charge in [-0.25, -0.2) is 0 Å². The van der Waals surface area contributed by atoms with Crippen molar-refractivity contribution < 1.29 is 9.32 Å². The van der Waals surface area contributed by atoms with E-state index in [4.69, 9.17) is 4.52 Å². The molecule has 1 fully saturated rings. The number of carbonyl (C=O) groups is 1. The van der Waals surface area contributed by atoms with Crippen molar-refractivity contribution in [2.45, 2.75) is 13.3 Å². The molecule has 122 valence electrons. The Balaban J connectivity index is 1.40. The number of aromatic nitrogens is 1. The van der Waals surface area contributed by atoms with Crippen LogP contribution in [0, 0.1) is 6.92 Å². The normalized spacial score (nSPS) is 15.6. The molecule has 0 atom stereocenters. The van der Waals surface area contributed by atoms with Crippen molar-refractivity contribution in [3.05, 3.63) is 42.2 Å². The quantitative estimate of drug-likeness (QED) is 0.916. The third kappa shape index (κ3) is 4.32. The largest absolute Gasteiger partial charge is 0.369 e. The van der Waals surface area contributed by atoms with E-state index in [1.165, 1.54) is 5.69 Å². The van der Waals surface area contributed by atoms with E-state index >= 15 is 0 Å². The number of rotatable bonds is 5. The van der Waals surface area contributed by atoms with Gasteiger partial charge in [0.05, 0.1) is 0 Å². The Morgan fingerprint density at radius 1 is 1.22 bits per heavy atom. The van der Waals surface area contributed by atoms with Crippen LogP contribution < -0.4 is 10.2 Å². The zero-order valence-electron chi connectivity index (χ0n) is 13.4. The molecular formula is C17H22N4O2. The summed E-state index contributed by atoms with van der Waals surface area (Å²) in [5.74, 6) is 1.16. The van der Waals surface area contributed by atoms with Gasteiger partial charge in [0.15, 0.2) is 5.82 Å². The van der Waals surface area contributed by atoms with Gasteiger partial charge in [0.2, 0.25) is 5.91 Å². The second-order valence-electron chi connectivity index (χ2n) is 5.79. The molecule has 23 heavy (non-hydrogen) atoms. The lowest BCUT2D eigenvalue weighted by atomic mass is 10.2. The number of aryl methyl sites for hydroxylation is 1. The molecule has 1 saturated heterocycles. The van der Waals surface area contributed by atoms with Gasteiger partial charge in [0.1, 0.15) is 5.76 Å². The number of nitrogens with zero attached hydrogens (tertiary/aromatic N) is 3. The number of nitrogens with one attached hydrogen (secondary N) is 1. The fourth-order valence-corrected chi connectivity index (χ4v) is 2.76. The summed E-state index contributed by atoms with van der Waals surface area (Å²) in [5.41, 5.74) is 1.27. The van der Waals surface area contributed by atoms with Gasteiger partial charge >= 0.3 is 0 Å². The van der Waals surface area contributed by atoms with E-state index in [9.17, 15) is 4.79 Å². The van der Waals surface area contributed by atoms with Crippen LogP contribution in [0.25, 0.3) is 0 Å². The lowest BCUT2D eigenvalue weighted by Crippen LogP contribution is -2.47. The average Bonchev–Trinajstić information content (AvgIpc) is 2.99. The van der Waals surface area contributed by atoms with Crippen molar-refractivity contribution in [3.63, 3.8) is 0 Å². The molecule has 0 radical (unpaired) electrons. The summed E-state index contributed by atoms with van der Waals surface area (Å²) in [7, 11) is 0. The zero-order chi connectivity index (χ0) is 16.1. The van der Waals surface area contributed by atoms with Crippen LogP contribution in [0.3, 0.4) is 0 Å². The number of hydrogen-bond donors (Lipinski definition) is 1. The van der Waals surface area contributed by atoms with Crippen LogP contribution in [0.15, 0.2) is 40.9 Å². The summed E-state index contributed by atoms with van der Waals surface area (Å²) >= 11 is 0. The molecule has 1 aliphatic heterocycles. The maximum atomic E-state index is 11.9. The monoisotopic (exact) mass is 314 g/mol. The number of para-hydroxylation sites is 1. The summed E-state index contributed by atoms with van der Waals surface area (Å²) in [6.45, 7) is 6.51. The van der Waals surface area contributed by atoms with Gasteiger partial charge in [-0.05, 0) is 19.1 Å². The van der Waals surface area contributed by atoms with E-state index in [2.05, 4.69) is 44.5 Å². The Hall–Kier alpha value is -2.34. The van der Waals surface area contributed by atoms with Gasteiger partial charge in [0, 0.05) is 50.9 Å². The SMILES string of the molecule is Cc1cc(NC(=O)CCN2CCN(c3ccccc3)CC2)no1. The minimum atomic E-state index is -0.0243. The predicted octanol–water partition coefficient (Wildman–Crippen LogP) is 2.13. The standard InChI is InChI=1S/C17H22N4O2/c1-14-13-16(19-23-14)18-17(22)7-8-20-9-11-21(12-10-20)15-5-3-2-4-6-15/h2-6,13H,7-12H2,1H3,(H,18,19,22). The van der Waals surface area contributed by atoms with Crippen LogP contribution in [0.4, 0.5) is 11.5 Å². The van der Waals surface area contributed by atoms with Crippen LogP contribution in [-0.2, 0) is 4.79 Å². The highest BCUT2D eigenvalue weighted by molar-refractivity contribution is 5.89. The summed E-state index contributed by atoms with van der Waals surface area (Å²) in [4.78, 5) is 16.6. The molecule has 1 amide bonds. The highest BCUT2D eigenvalue weighted by Crippen LogP contribution is 2.15. The van der Waals surface area contributed by atoms with Gasteiger partial charge in [-0.1, -0.05) is 23.4 Å². The minimum Gasteiger partial charge on any atom is -0.369 e. The molecule has 0 saturated carbocycles. The smallest absolute Gasteiger partial charge is 0.226 e. The van der Waals surface area contributed by atoms with Crippen LogP contribution in [0.1, 0.15) is 12.2 Å². The van der Waals surface area contributed by atoms with Crippen molar-refractivity contribution in [3.8, 4) is 0 Å². The molecule has 0 spiro atoms. The first-order valence-electron chi connectivity index (χ1n) is 7.96. The van der Waals surface area contributed by atoms with Gasteiger partial charge in [-0.2, -0.15) is 0 Å². The van der Waals surface area contributed by atoms with Crippen LogP contribution in [-0.4, -0.2) is 48.7 Å². The summed E-state index contributed by atoms with van der Waals surface area (Å²) < 4.78 is 4.93. The number of amides is 1. The third-order valence-corrected chi connectivity index (χ3v) is 4.04. The highest BCUT2D eigenvalue weighted by atomic mass is 16.5. The Kier molecular flexibility index (Phi) is 4.92. The summed E-state index contributed by atoms with van der Waals surface area (Å²) in [5, 5.41) is 6.52. The van der Waals surface area contributed by atoms with Crippen molar-refractivity contribution in [1.82, 2.24) is 10.1 Å². The van der Waals surface area contributed by atoms with Gasteiger partial charge in [-0.15, -0.1) is 0 Å². The highest BCUT2D eigenvalue weighted by Gasteiger charge is 2.17. The topological polar surface area (TPSA) is 61.6 Å². The molecule has 1 aromatic heterocycles. The molecule has 2 heterocycles. The first-order valence-corrected chi connectivity index (χ1v) is 7.96.